The molecule has 2 heteroatoms. The fourth-order valence-corrected chi connectivity index (χ4v) is 2.87. The van der Waals surface area contributed by atoms with E-state index < -0.39 is 0 Å². The monoisotopic (exact) mass is 212 g/mol. The molecular weight excluding hydrogens is 203 g/mol. The number of rotatable bonds is 0. The summed E-state index contributed by atoms with van der Waals surface area (Å²) in [6, 6.07) is 6.02. The first-order valence-electron chi connectivity index (χ1n) is 3.44. The average Bonchev–Trinajstić information content (AvgIpc) is 2.34. The molecule has 0 saturated heterocycles. The van der Waals surface area contributed by atoms with E-state index in [0.717, 1.165) is 9.82 Å². The Bertz CT molecular complexity index is 389. The van der Waals surface area contributed by atoms with Crippen LogP contribution in [0.2, 0.25) is 0 Å². The van der Waals surface area contributed by atoms with Crippen LogP contribution in [0.5, 0.6) is 5.75 Å². The molecule has 1 aromatic carbocycles. The Kier molecular flexibility index (Phi) is 1.52. The van der Waals surface area contributed by atoms with E-state index in [4.69, 9.17) is 0 Å². The van der Waals surface area contributed by atoms with Crippen LogP contribution in [-0.2, 0) is 0 Å². The fourth-order valence-electron chi connectivity index (χ4n) is 1.21. The van der Waals surface area contributed by atoms with Crippen molar-refractivity contribution in [3.63, 3.8) is 0 Å². The molecule has 0 bridgehead atoms. The van der Waals surface area contributed by atoms with Gasteiger partial charge in [0, 0.05) is 0 Å². The van der Waals surface area contributed by atoms with Crippen LogP contribution in [0, 0.1) is 6.92 Å². The van der Waals surface area contributed by atoms with E-state index in [2.05, 4.69) is 17.1 Å². The van der Waals surface area contributed by atoms with Crippen molar-refractivity contribution in [2.24, 2.45) is 0 Å². The minimum atomic E-state index is 0.354. The van der Waals surface area contributed by atoms with Gasteiger partial charge in [-0.05, 0) is 0 Å². The van der Waals surface area contributed by atoms with Crippen LogP contribution >= 0.6 is 0 Å². The maximum atomic E-state index is 9.49. The third kappa shape index (κ3) is 1.09. The summed E-state index contributed by atoms with van der Waals surface area (Å²) in [5.41, 5.74) is 1.13. The van der Waals surface area contributed by atoms with Gasteiger partial charge in [-0.25, -0.2) is 0 Å². The quantitative estimate of drug-likeness (QED) is 0.660. The molecule has 11 heavy (non-hydrogen) atoms. The molecular formula is C9H8OSe. The van der Waals surface area contributed by atoms with Gasteiger partial charge in [-0.15, -0.1) is 0 Å². The van der Waals surface area contributed by atoms with Crippen LogP contribution in [0.4, 0.5) is 0 Å². The van der Waals surface area contributed by atoms with Gasteiger partial charge in [0.2, 0.25) is 0 Å². The van der Waals surface area contributed by atoms with Gasteiger partial charge in [-0.3, -0.25) is 0 Å². The van der Waals surface area contributed by atoms with Crippen molar-refractivity contribution in [1.29, 1.82) is 0 Å². The molecule has 0 aliphatic heterocycles. The van der Waals surface area contributed by atoms with Gasteiger partial charge >= 0.3 is 70.6 Å². The zero-order chi connectivity index (χ0) is 7.84. The summed E-state index contributed by atoms with van der Waals surface area (Å²) in [5, 5.41) is 10.7. The number of aromatic hydroxyl groups is 1. The van der Waals surface area contributed by atoms with E-state index in [0.29, 0.717) is 20.3 Å². The van der Waals surface area contributed by atoms with Crippen molar-refractivity contribution < 1.29 is 5.11 Å². The molecule has 2 rings (SSSR count). The van der Waals surface area contributed by atoms with Gasteiger partial charge in [0.15, 0.2) is 0 Å². The normalized spacial score (nSPS) is 10.6. The first kappa shape index (κ1) is 6.96. The van der Waals surface area contributed by atoms with Crippen molar-refractivity contribution in [2.75, 3.05) is 0 Å². The predicted octanol–water partition coefficient (Wildman–Crippen LogP) is 1.91. The van der Waals surface area contributed by atoms with Gasteiger partial charge in [0.1, 0.15) is 0 Å². The number of benzene rings is 1. The maximum absolute atomic E-state index is 9.49. The summed E-state index contributed by atoms with van der Waals surface area (Å²) >= 11 is 0.354. The van der Waals surface area contributed by atoms with Crippen molar-refractivity contribution >= 4 is 24.1 Å². The molecule has 0 atom stereocenters. The topological polar surface area (TPSA) is 20.2 Å². The Labute approximate surface area is 71.0 Å². The first-order chi connectivity index (χ1) is 5.27. The summed E-state index contributed by atoms with van der Waals surface area (Å²) in [4.78, 5) is 2.14. The number of hydrogen-bond donors (Lipinski definition) is 1. The van der Waals surface area contributed by atoms with Crippen molar-refractivity contribution in [2.45, 2.75) is 6.92 Å². The van der Waals surface area contributed by atoms with Gasteiger partial charge in [-0.2, -0.15) is 0 Å². The van der Waals surface area contributed by atoms with Crippen LogP contribution < -0.4 is 0 Å². The average molecular weight is 211 g/mol. The van der Waals surface area contributed by atoms with Gasteiger partial charge in [0.25, 0.3) is 0 Å². The third-order valence-corrected chi connectivity index (χ3v) is 3.67. The van der Waals surface area contributed by atoms with E-state index in [1.165, 1.54) is 5.39 Å². The zero-order valence-corrected chi connectivity index (χ0v) is 7.88. The number of phenolic OH excluding ortho intramolecular Hbond substituents is 1. The summed E-state index contributed by atoms with van der Waals surface area (Å²) in [6.45, 7) is 2.00. The standard InChI is InChI=1S/C9H8OSe/c1-6-4-7-2-3-11-9(7)8(10)5-6/h2-5,10H,1H3. The number of phenols is 1. The second-order valence-electron chi connectivity index (χ2n) is 2.62. The molecule has 1 nitrogen and oxygen atoms in total. The van der Waals surface area contributed by atoms with E-state index in [1.54, 1.807) is 0 Å². The molecule has 0 spiro atoms. The molecule has 0 amide bonds. The SMILES string of the molecule is Cc1cc(O)c2[se]ccc2c1. The van der Waals surface area contributed by atoms with Crippen LogP contribution in [-0.4, -0.2) is 19.6 Å². The summed E-state index contributed by atoms with van der Waals surface area (Å²) in [7, 11) is 0. The van der Waals surface area contributed by atoms with E-state index in [-0.39, 0.29) is 0 Å². The van der Waals surface area contributed by atoms with Crippen molar-refractivity contribution in [3.8, 4) is 5.75 Å². The predicted molar refractivity (Wildman–Crippen MR) is 47.3 cm³/mol. The zero-order valence-electron chi connectivity index (χ0n) is 6.16. The molecule has 2 aromatic rings. The summed E-state index contributed by atoms with van der Waals surface area (Å²) < 4.78 is 1.13. The van der Waals surface area contributed by atoms with E-state index >= 15 is 0 Å². The molecule has 56 valence electrons. The summed E-state index contributed by atoms with van der Waals surface area (Å²) in [5.74, 6) is 0.463. The fraction of sp³-hybridized carbons (Fsp3) is 0.111. The Morgan fingerprint density at radius 1 is 1.36 bits per heavy atom. The second-order valence-corrected chi connectivity index (χ2v) is 4.55. The molecule has 0 aliphatic rings. The molecule has 1 aromatic heterocycles. The third-order valence-electron chi connectivity index (χ3n) is 1.68. The molecule has 1 heterocycles. The van der Waals surface area contributed by atoms with E-state index in [1.807, 2.05) is 13.0 Å². The van der Waals surface area contributed by atoms with Gasteiger partial charge in [0.05, 0.1) is 0 Å². The Morgan fingerprint density at radius 3 is 3.00 bits per heavy atom. The van der Waals surface area contributed by atoms with Crippen molar-refractivity contribution in [1.82, 2.24) is 0 Å². The molecule has 0 radical (unpaired) electrons. The second kappa shape index (κ2) is 2.40. The number of hydrogen-bond acceptors (Lipinski definition) is 1. The van der Waals surface area contributed by atoms with Crippen LogP contribution in [0.25, 0.3) is 9.65 Å². The Balaban J connectivity index is 2.91. The molecule has 0 aliphatic carbocycles. The van der Waals surface area contributed by atoms with Gasteiger partial charge in [-0.1, -0.05) is 0 Å². The van der Waals surface area contributed by atoms with Gasteiger partial charge < -0.3 is 0 Å². The Morgan fingerprint density at radius 2 is 2.18 bits per heavy atom. The Hall–Kier alpha value is -0.721. The number of aryl methyl sites for hydroxylation is 1. The molecule has 0 unspecified atom stereocenters. The van der Waals surface area contributed by atoms with Crippen LogP contribution in [0.3, 0.4) is 0 Å². The summed E-state index contributed by atoms with van der Waals surface area (Å²) in [6.07, 6.45) is 0. The van der Waals surface area contributed by atoms with Crippen LogP contribution in [0.15, 0.2) is 23.1 Å². The molecule has 0 saturated carbocycles. The first-order valence-corrected chi connectivity index (χ1v) is 5.29. The molecule has 1 N–H and O–H groups in total. The van der Waals surface area contributed by atoms with Crippen LogP contribution in [0.1, 0.15) is 5.56 Å². The van der Waals surface area contributed by atoms with Crippen molar-refractivity contribution in [3.05, 3.63) is 28.7 Å². The molecule has 0 fully saturated rings. The minimum absolute atomic E-state index is 0.354. The van der Waals surface area contributed by atoms with E-state index in [9.17, 15) is 5.11 Å². The number of fused-ring (bicyclic) bond motifs is 1.